The first-order valence-electron chi connectivity index (χ1n) is 7.15. The molecule has 114 valence electrons. The zero-order valence-corrected chi connectivity index (χ0v) is 14.8. The largest absolute Gasteiger partial charge is 0.453 e. The lowest BCUT2D eigenvalue weighted by molar-refractivity contribution is 0.473. The van der Waals surface area contributed by atoms with E-state index in [9.17, 15) is 0 Å². The van der Waals surface area contributed by atoms with E-state index in [-0.39, 0.29) is 0 Å². The molecule has 1 aromatic heterocycles. The number of rotatable bonds is 5. The first kappa shape index (κ1) is 16.0. The van der Waals surface area contributed by atoms with Crippen LogP contribution >= 0.6 is 15.9 Å². The number of halogens is 1. The molecule has 1 N–H and O–H groups in total. The van der Waals surface area contributed by atoms with Crippen molar-refractivity contribution in [3.05, 3.63) is 39.6 Å². The summed E-state index contributed by atoms with van der Waals surface area (Å²) in [5, 5.41) is 7.78. The topological polar surface area (TPSA) is 39.1 Å². The number of hydrogen-bond acceptors (Lipinski definition) is 3. The molecule has 0 aliphatic carbocycles. The number of aromatic nitrogens is 2. The highest BCUT2D eigenvalue weighted by molar-refractivity contribution is 9.10. The Morgan fingerprint density at radius 3 is 2.62 bits per heavy atom. The second-order valence-electron chi connectivity index (χ2n) is 5.19. The summed E-state index contributed by atoms with van der Waals surface area (Å²) in [6.07, 6.45) is 0. The van der Waals surface area contributed by atoms with Crippen LogP contribution in [0.15, 0.2) is 22.7 Å². The fourth-order valence-electron chi connectivity index (χ4n) is 2.36. The molecule has 1 heterocycles. The molecule has 21 heavy (non-hydrogen) atoms. The zero-order valence-electron chi connectivity index (χ0n) is 13.2. The Balaban J connectivity index is 2.24. The van der Waals surface area contributed by atoms with Crippen LogP contribution in [-0.4, -0.2) is 16.3 Å². The van der Waals surface area contributed by atoms with Crippen molar-refractivity contribution in [1.82, 2.24) is 15.1 Å². The molecular weight excluding hydrogens is 330 g/mol. The van der Waals surface area contributed by atoms with Crippen molar-refractivity contribution in [2.24, 2.45) is 7.05 Å². The van der Waals surface area contributed by atoms with E-state index in [0.717, 1.165) is 33.9 Å². The van der Waals surface area contributed by atoms with E-state index in [2.05, 4.69) is 46.3 Å². The molecule has 0 radical (unpaired) electrons. The van der Waals surface area contributed by atoms with Crippen molar-refractivity contribution < 1.29 is 4.74 Å². The average molecular weight is 352 g/mol. The highest BCUT2D eigenvalue weighted by Crippen LogP contribution is 2.32. The molecule has 1 unspecified atom stereocenters. The van der Waals surface area contributed by atoms with Crippen molar-refractivity contribution in [3.8, 4) is 11.5 Å². The normalized spacial score (nSPS) is 12.5. The number of hydrogen-bond donors (Lipinski definition) is 1. The van der Waals surface area contributed by atoms with Crippen molar-refractivity contribution in [1.29, 1.82) is 0 Å². The van der Waals surface area contributed by atoms with Gasteiger partial charge in [0.15, 0.2) is 5.75 Å². The number of nitrogens with one attached hydrogen (secondary N) is 1. The van der Waals surface area contributed by atoms with Gasteiger partial charge in [0.2, 0.25) is 0 Å². The lowest BCUT2D eigenvalue weighted by Crippen LogP contribution is -2.18. The quantitative estimate of drug-likeness (QED) is 0.874. The fourth-order valence-corrected chi connectivity index (χ4v) is 3.06. The lowest BCUT2D eigenvalue weighted by Gasteiger charge is -2.15. The highest BCUT2D eigenvalue weighted by atomic mass is 79.9. The molecule has 2 aromatic rings. The molecule has 2 rings (SSSR count). The van der Waals surface area contributed by atoms with E-state index in [0.29, 0.717) is 6.04 Å². The summed E-state index contributed by atoms with van der Waals surface area (Å²) in [5.74, 6) is 1.64. The summed E-state index contributed by atoms with van der Waals surface area (Å²) < 4.78 is 8.89. The van der Waals surface area contributed by atoms with Crippen LogP contribution in [0, 0.1) is 13.8 Å². The van der Waals surface area contributed by atoms with Crippen LogP contribution in [-0.2, 0) is 7.05 Å². The Hall–Kier alpha value is -1.33. The molecular formula is C16H22BrN3O. The van der Waals surface area contributed by atoms with E-state index in [4.69, 9.17) is 4.74 Å². The molecule has 0 aliphatic heterocycles. The van der Waals surface area contributed by atoms with Gasteiger partial charge in [0.25, 0.3) is 0 Å². The Kier molecular flexibility index (Phi) is 5.06. The molecule has 0 bridgehead atoms. The van der Waals surface area contributed by atoms with E-state index in [1.165, 1.54) is 5.56 Å². The predicted octanol–water partition coefficient (Wildman–Crippen LogP) is 4.26. The van der Waals surface area contributed by atoms with Crippen LogP contribution in [0.3, 0.4) is 0 Å². The van der Waals surface area contributed by atoms with Gasteiger partial charge in [-0.15, -0.1) is 0 Å². The van der Waals surface area contributed by atoms with Crippen LogP contribution < -0.4 is 10.1 Å². The van der Waals surface area contributed by atoms with E-state index in [1.807, 2.05) is 37.7 Å². The lowest BCUT2D eigenvalue weighted by atomic mass is 10.1. The van der Waals surface area contributed by atoms with Gasteiger partial charge < -0.3 is 10.1 Å². The monoisotopic (exact) mass is 351 g/mol. The molecule has 4 nitrogen and oxygen atoms in total. The first-order valence-corrected chi connectivity index (χ1v) is 7.94. The first-order chi connectivity index (χ1) is 9.93. The summed E-state index contributed by atoms with van der Waals surface area (Å²) in [5.41, 5.74) is 3.15. The van der Waals surface area contributed by atoms with Crippen molar-refractivity contribution >= 4 is 15.9 Å². The minimum atomic E-state index is 0.306. The standard InChI is InChI=1S/C16H22BrN3O/c1-6-18-10(2)14-8-7-13(9-15(14)17)21-16-11(3)19-20(5)12(16)4/h7-10,18H,6H2,1-5H3. The van der Waals surface area contributed by atoms with Gasteiger partial charge in [0.1, 0.15) is 11.4 Å². The molecule has 0 saturated carbocycles. The third kappa shape index (κ3) is 3.47. The Morgan fingerprint density at radius 2 is 2.10 bits per heavy atom. The molecule has 0 spiro atoms. The predicted molar refractivity (Wildman–Crippen MR) is 89.0 cm³/mol. The summed E-state index contributed by atoms with van der Waals surface area (Å²) in [7, 11) is 1.92. The van der Waals surface area contributed by atoms with Gasteiger partial charge in [-0.3, -0.25) is 4.68 Å². The maximum absolute atomic E-state index is 6.00. The van der Waals surface area contributed by atoms with Crippen LogP contribution in [0.4, 0.5) is 0 Å². The molecule has 0 aliphatic rings. The summed E-state index contributed by atoms with van der Waals surface area (Å²) in [6.45, 7) is 9.17. The Labute approximate surface area is 134 Å². The van der Waals surface area contributed by atoms with E-state index < -0.39 is 0 Å². The van der Waals surface area contributed by atoms with Crippen LogP contribution in [0.25, 0.3) is 0 Å². The SMILES string of the molecule is CCNC(C)c1ccc(Oc2c(C)nn(C)c2C)cc1Br. The van der Waals surface area contributed by atoms with Gasteiger partial charge in [-0.1, -0.05) is 28.9 Å². The maximum atomic E-state index is 6.00. The minimum Gasteiger partial charge on any atom is -0.453 e. The minimum absolute atomic E-state index is 0.306. The van der Waals surface area contributed by atoms with E-state index >= 15 is 0 Å². The molecule has 0 amide bonds. The Bertz CT molecular complexity index is 637. The van der Waals surface area contributed by atoms with Crippen LogP contribution in [0.2, 0.25) is 0 Å². The molecule has 0 fully saturated rings. The van der Waals surface area contributed by atoms with Crippen molar-refractivity contribution in [2.45, 2.75) is 33.7 Å². The second-order valence-corrected chi connectivity index (χ2v) is 6.04. The number of nitrogens with zero attached hydrogens (tertiary/aromatic N) is 2. The Morgan fingerprint density at radius 1 is 1.38 bits per heavy atom. The summed E-state index contributed by atoms with van der Waals surface area (Å²) in [6, 6.07) is 6.41. The van der Waals surface area contributed by atoms with Gasteiger partial charge in [0.05, 0.1) is 5.69 Å². The van der Waals surface area contributed by atoms with Crippen LogP contribution in [0.5, 0.6) is 11.5 Å². The molecule has 1 aromatic carbocycles. The smallest absolute Gasteiger partial charge is 0.171 e. The van der Waals surface area contributed by atoms with Crippen molar-refractivity contribution in [3.63, 3.8) is 0 Å². The fraction of sp³-hybridized carbons (Fsp3) is 0.438. The number of benzene rings is 1. The van der Waals surface area contributed by atoms with Crippen molar-refractivity contribution in [2.75, 3.05) is 6.54 Å². The third-order valence-electron chi connectivity index (χ3n) is 3.61. The number of ether oxygens (including phenoxy) is 1. The summed E-state index contributed by atoms with van der Waals surface area (Å²) >= 11 is 3.63. The van der Waals surface area contributed by atoms with E-state index in [1.54, 1.807) is 0 Å². The summed E-state index contributed by atoms with van der Waals surface area (Å²) in [4.78, 5) is 0. The maximum Gasteiger partial charge on any atom is 0.171 e. The molecule has 0 saturated heterocycles. The zero-order chi connectivity index (χ0) is 15.6. The molecule has 5 heteroatoms. The van der Waals surface area contributed by atoms with Gasteiger partial charge >= 0.3 is 0 Å². The number of aryl methyl sites for hydroxylation is 2. The third-order valence-corrected chi connectivity index (χ3v) is 4.30. The molecule has 1 atom stereocenters. The second kappa shape index (κ2) is 6.62. The van der Waals surface area contributed by atoms with Crippen LogP contribution in [0.1, 0.15) is 36.8 Å². The van der Waals surface area contributed by atoms with Gasteiger partial charge in [-0.2, -0.15) is 5.10 Å². The van der Waals surface area contributed by atoms with Gasteiger partial charge in [-0.25, -0.2) is 0 Å². The highest BCUT2D eigenvalue weighted by Gasteiger charge is 2.13. The average Bonchev–Trinajstić information content (AvgIpc) is 2.66. The van der Waals surface area contributed by atoms with Gasteiger partial charge in [0, 0.05) is 17.6 Å². The van der Waals surface area contributed by atoms with Gasteiger partial charge in [-0.05, 0) is 45.0 Å².